The molecule has 0 bridgehead atoms. The number of imide groups is 1. The fourth-order valence-corrected chi connectivity index (χ4v) is 3.92. The predicted octanol–water partition coefficient (Wildman–Crippen LogP) is 4.77. The Morgan fingerprint density at radius 3 is 2.43 bits per heavy atom. The molecule has 0 radical (unpaired) electrons. The summed E-state index contributed by atoms with van der Waals surface area (Å²) in [4.78, 5) is 37.6. The number of rotatable bonds is 4. The van der Waals surface area contributed by atoms with Gasteiger partial charge >= 0.3 is 5.97 Å². The van der Waals surface area contributed by atoms with Crippen LogP contribution in [0.4, 0.5) is 4.79 Å². The van der Waals surface area contributed by atoms with Crippen LogP contribution in [-0.4, -0.2) is 27.1 Å². The molecule has 0 unspecified atom stereocenters. The molecule has 1 fully saturated rings. The molecule has 0 spiro atoms. The van der Waals surface area contributed by atoms with Gasteiger partial charge in [-0.3, -0.25) is 14.5 Å². The van der Waals surface area contributed by atoms with Crippen molar-refractivity contribution in [1.82, 2.24) is 4.90 Å². The molecule has 28 heavy (non-hydrogen) atoms. The Morgan fingerprint density at radius 1 is 0.964 bits per heavy atom. The van der Waals surface area contributed by atoms with Gasteiger partial charge in [0.25, 0.3) is 11.1 Å². The highest BCUT2D eigenvalue weighted by Gasteiger charge is 2.35. The predicted molar refractivity (Wildman–Crippen MR) is 109 cm³/mol. The van der Waals surface area contributed by atoms with Crippen LogP contribution in [-0.2, 0) is 11.3 Å². The van der Waals surface area contributed by atoms with E-state index in [0.29, 0.717) is 10.5 Å². The third kappa shape index (κ3) is 3.42. The van der Waals surface area contributed by atoms with Gasteiger partial charge < -0.3 is 5.11 Å². The van der Waals surface area contributed by atoms with E-state index in [9.17, 15) is 14.4 Å². The quantitative estimate of drug-likeness (QED) is 0.650. The molecule has 1 aliphatic heterocycles. The van der Waals surface area contributed by atoms with E-state index < -0.39 is 5.97 Å². The maximum absolute atomic E-state index is 12.8. The number of carboxylic acid groups (broad SMARTS) is 1. The van der Waals surface area contributed by atoms with Crippen LogP contribution >= 0.6 is 11.8 Å². The highest BCUT2D eigenvalue weighted by atomic mass is 32.2. The minimum atomic E-state index is -1.02. The van der Waals surface area contributed by atoms with Crippen molar-refractivity contribution in [1.29, 1.82) is 0 Å². The fourth-order valence-electron chi connectivity index (χ4n) is 3.09. The molecule has 1 N–H and O–H groups in total. The van der Waals surface area contributed by atoms with E-state index in [0.717, 1.165) is 28.1 Å². The van der Waals surface area contributed by atoms with Crippen molar-refractivity contribution in [2.45, 2.75) is 6.54 Å². The summed E-state index contributed by atoms with van der Waals surface area (Å²) in [6.45, 7) is 0.109. The molecule has 1 saturated heterocycles. The summed E-state index contributed by atoms with van der Waals surface area (Å²) < 4.78 is 0. The van der Waals surface area contributed by atoms with Crippen LogP contribution in [0, 0.1) is 0 Å². The molecule has 0 aromatic heterocycles. The van der Waals surface area contributed by atoms with E-state index in [2.05, 4.69) is 0 Å². The number of carboxylic acids is 1. The monoisotopic (exact) mass is 389 g/mol. The van der Waals surface area contributed by atoms with Gasteiger partial charge in [0.05, 0.1) is 17.0 Å². The lowest BCUT2D eigenvalue weighted by atomic mass is 10.0. The van der Waals surface area contributed by atoms with Gasteiger partial charge in [0.2, 0.25) is 0 Å². The summed E-state index contributed by atoms with van der Waals surface area (Å²) in [5.41, 5.74) is 1.74. The van der Waals surface area contributed by atoms with E-state index in [4.69, 9.17) is 5.11 Å². The van der Waals surface area contributed by atoms with E-state index in [1.807, 2.05) is 42.5 Å². The average Bonchev–Trinajstić information content (AvgIpc) is 2.96. The lowest BCUT2D eigenvalue weighted by Crippen LogP contribution is -2.27. The SMILES string of the molecule is O=C(O)c1ccc(CN2C(=O)S/C(=C\c3cccc4ccccc34)C2=O)cc1. The van der Waals surface area contributed by atoms with Gasteiger partial charge in [-0.05, 0) is 51.9 Å². The second-order valence-corrected chi connectivity index (χ2v) is 7.33. The number of nitrogens with zero attached hydrogens (tertiary/aromatic N) is 1. The lowest BCUT2D eigenvalue weighted by molar-refractivity contribution is -0.123. The molecule has 4 rings (SSSR count). The fraction of sp³-hybridized carbons (Fsp3) is 0.0455. The summed E-state index contributed by atoms with van der Waals surface area (Å²) in [7, 11) is 0. The Bertz CT molecular complexity index is 1130. The van der Waals surface area contributed by atoms with E-state index >= 15 is 0 Å². The van der Waals surface area contributed by atoms with Crippen LogP contribution in [0.15, 0.2) is 71.6 Å². The highest BCUT2D eigenvalue weighted by molar-refractivity contribution is 8.18. The maximum atomic E-state index is 12.8. The van der Waals surface area contributed by atoms with Gasteiger partial charge in [-0.25, -0.2) is 4.79 Å². The molecule has 0 saturated carbocycles. The molecule has 3 aromatic rings. The van der Waals surface area contributed by atoms with Crippen molar-refractivity contribution in [3.63, 3.8) is 0 Å². The third-order valence-corrected chi connectivity index (χ3v) is 5.43. The standard InChI is InChI=1S/C22H15NO4S/c24-20-19(12-17-6-3-5-15-4-1-2-7-18(15)17)28-22(27)23(20)13-14-8-10-16(11-9-14)21(25)26/h1-12H,13H2,(H,25,26)/b19-12-. The minimum absolute atomic E-state index is 0.109. The number of carbonyl (C=O) groups is 3. The second kappa shape index (κ2) is 7.32. The smallest absolute Gasteiger partial charge is 0.335 e. The molecule has 1 aliphatic rings. The van der Waals surface area contributed by atoms with Crippen LogP contribution in [0.2, 0.25) is 0 Å². The average molecular weight is 389 g/mol. The highest BCUT2D eigenvalue weighted by Crippen LogP contribution is 2.34. The molecule has 2 amide bonds. The van der Waals surface area contributed by atoms with E-state index in [-0.39, 0.29) is 23.3 Å². The van der Waals surface area contributed by atoms with Crippen molar-refractivity contribution >= 4 is 45.7 Å². The zero-order valence-electron chi connectivity index (χ0n) is 14.7. The lowest BCUT2D eigenvalue weighted by Gasteiger charge is -2.12. The van der Waals surface area contributed by atoms with Gasteiger partial charge in [-0.15, -0.1) is 0 Å². The number of carbonyl (C=O) groups excluding carboxylic acids is 2. The number of benzene rings is 3. The van der Waals surface area contributed by atoms with Gasteiger partial charge in [0.15, 0.2) is 0 Å². The van der Waals surface area contributed by atoms with Crippen molar-refractivity contribution in [2.24, 2.45) is 0 Å². The van der Waals surface area contributed by atoms with Gasteiger partial charge in [-0.2, -0.15) is 0 Å². The number of hydrogen-bond donors (Lipinski definition) is 1. The third-order valence-electron chi connectivity index (χ3n) is 4.53. The number of fused-ring (bicyclic) bond motifs is 1. The molecule has 0 atom stereocenters. The van der Waals surface area contributed by atoms with Crippen molar-refractivity contribution in [3.05, 3.63) is 88.3 Å². The van der Waals surface area contributed by atoms with Gasteiger partial charge in [-0.1, -0.05) is 54.6 Å². The summed E-state index contributed by atoms with van der Waals surface area (Å²) >= 11 is 0.917. The second-order valence-electron chi connectivity index (χ2n) is 6.34. The first-order valence-electron chi connectivity index (χ1n) is 8.58. The largest absolute Gasteiger partial charge is 0.478 e. The first-order chi connectivity index (χ1) is 13.5. The Hall–Kier alpha value is -3.38. The zero-order chi connectivity index (χ0) is 19.7. The molecule has 3 aromatic carbocycles. The molecule has 0 aliphatic carbocycles. The van der Waals surface area contributed by atoms with Gasteiger partial charge in [0, 0.05) is 0 Å². The Morgan fingerprint density at radius 2 is 1.68 bits per heavy atom. The number of hydrogen-bond acceptors (Lipinski definition) is 4. The van der Waals surface area contributed by atoms with Crippen molar-refractivity contribution in [3.8, 4) is 0 Å². The molecule has 1 heterocycles. The summed E-state index contributed by atoms with van der Waals surface area (Å²) in [5.74, 6) is -1.36. The summed E-state index contributed by atoms with van der Waals surface area (Å²) in [6, 6.07) is 19.9. The number of amides is 2. The summed E-state index contributed by atoms with van der Waals surface area (Å²) in [6.07, 6.45) is 1.75. The normalized spacial score (nSPS) is 15.6. The number of aromatic carboxylic acids is 1. The maximum Gasteiger partial charge on any atom is 0.335 e. The topological polar surface area (TPSA) is 74.7 Å². The van der Waals surface area contributed by atoms with E-state index in [1.54, 1.807) is 18.2 Å². The number of thioether (sulfide) groups is 1. The molecule has 5 nitrogen and oxygen atoms in total. The van der Waals surface area contributed by atoms with Gasteiger partial charge in [0.1, 0.15) is 0 Å². The van der Waals surface area contributed by atoms with Crippen LogP contribution in [0.5, 0.6) is 0 Å². The van der Waals surface area contributed by atoms with Crippen LogP contribution in [0.3, 0.4) is 0 Å². The first kappa shape index (κ1) is 18.0. The Labute approximate surface area is 165 Å². The molecule has 138 valence electrons. The van der Waals surface area contributed by atoms with Crippen LogP contribution < -0.4 is 0 Å². The van der Waals surface area contributed by atoms with Crippen LogP contribution in [0.1, 0.15) is 21.5 Å². The van der Waals surface area contributed by atoms with Crippen LogP contribution in [0.25, 0.3) is 16.8 Å². The van der Waals surface area contributed by atoms with E-state index in [1.165, 1.54) is 17.0 Å². The van der Waals surface area contributed by atoms with Crippen molar-refractivity contribution in [2.75, 3.05) is 0 Å². The Balaban J connectivity index is 1.60. The zero-order valence-corrected chi connectivity index (χ0v) is 15.5. The molecule has 6 heteroatoms. The van der Waals surface area contributed by atoms with Crippen molar-refractivity contribution < 1.29 is 19.5 Å². The minimum Gasteiger partial charge on any atom is -0.478 e. The summed E-state index contributed by atoms with van der Waals surface area (Å²) in [5, 5.41) is 10.7. The molecular formula is C22H15NO4S. The molecular weight excluding hydrogens is 374 g/mol. The first-order valence-corrected chi connectivity index (χ1v) is 9.40. The Kier molecular flexibility index (Phi) is 4.71.